The van der Waals surface area contributed by atoms with Crippen LogP contribution in [0.4, 0.5) is 16.8 Å². The van der Waals surface area contributed by atoms with Crippen LogP contribution in [-0.4, -0.2) is 30.1 Å². The van der Waals surface area contributed by atoms with E-state index in [0.29, 0.717) is 22.4 Å². The molecule has 2 N–H and O–H groups in total. The molecule has 0 bridgehead atoms. The predicted molar refractivity (Wildman–Crippen MR) is 112 cm³/mol. The van der Waals surface area contributed by atoms with Crippen molar-refractivity contribution in [1.29, 1.82) is 0 Å². The molecule has 29 heavy (non-hydrogen) atoms. The summed E-state index contributed by atoms with van der Waals surface area (Å²) < 4.78 is 2.48. The van der Waals surface area contributed by atoms with Crippen molar-refractivity contribution in [3.63, 3.8) is 0 Å². The number of benzene rings is 1. The highest BCUT2D eigenvalue weighted by atomic mass is 32.1. The molecule has 0 radical (unpaired) electrons. The van der Waals surface area contributed by atoms with Gasteiger partial charge in [0, 0.05) is 29.0 Å². The summed E-state index contributed by atoms with van der Waals surface area (Å²) in [4.78, 5) is 33.6. The van der Waals surface area contributed by atoms with Crippen LogP contribution in [0.5, 0.6) is 0 Å². The minimum atomic E-state index is -0.451. The maximum Gasteiger partial charge on any atom is 0.353 e. The van der Waals surface area contributed by atoms with Crippen LogP contribution in [0.25, 0.3) is 5.65 Å². The van der Waals surface area contributed by atoms with Gasteiger partial charge >= 0.3 is 5.69 Å². The number of nitrogens with zero attached hydrogens (tertiary/aromatic N) is 5. The van der Waals surface area contributed by atoms with Gasteiger partial charge in [-0.3, -0.25) is 4.79 Å². The summed E-state index contributed by atoms with van der Waals surface area (Å²) in [6.45, 7) is 5.66. The van der Waals surface area contributed by atoms with E-state index < -0.39 is 5.69 Å². The van der Waals surface area contributed by atoms with Crippen LogP contribution < -0.4 is 16.3 Å². The molecule has 0 saturated heterocycles. The minimum Gasteiger partial charge on any atom is -0.325 e. The molecular formula is C19H19N7O2S. The van der Waals surface area contributed by atoms with E-state index in [4.69, 9.17) is 0 Å². The van der Waals surface area contributed by atoms with Crippen LogP contribution in [-0.2, 0) is 11.3 Å². The fourth-order valence-corrected chi connectivity index (χ4v) is 3.41. The zero-order valence-electron chi connectivity index (χ0n) is 16.1. The van der Waals surface area contributed by atoms with Crippen LogP contribution >= 0.6 is 11.3 Å². The van der Waals surface area contributed by atoms with Gasteiger partial charge in [-0.1, -0.05) is 6.07 Å². The van der Waals surface area contributed by atoms with E-state index in [2.05, 4.69) is 25.7 Å². The molecule has 0 aliphatic carbocycles. The summed E-state index contributed by atoms with van der Waals surface area (Å²) in [5, 5.41) is 12.4. The summed E-state index contributed by atoms with van der Waals surface area (Å²) in [5.74, 6) is -0.0290. The lowest BCUT2D eigenvalue weighted by Crippen LogP contribution is -2.28. The molecule has 3 aromatic heterocycles. The molecule has 1 aromatic carbocycles. The van der Waals surface area contributed by atoms with Crippen molar-refractivity contribution < 1.29 is 4.79 Å². The maximum atomic E-state index is 12.9. The average molecular weight is 409 g/mol. The van der Waals surface area contributed by atoms with Crippen molar-refractivity contribution >= 4 is 39.7 Å². The number of rotatable bonds is 5. The van der Waals surface area contributed by atoms with Crippen molar-refractivity contribution in [1.82, 2.24) is 24.1 Å². The summed E-state index contributed by atoms with van der Waals surface area (Å²) in [6.07, 6.45) is 1.59. The third-order valence-corrected chi connectivity index (χ3v) is 5.12. The van der Waals surface area contributed by atoms with E-state index in [9.17, 15) is 9.59 Å². The highest BCUT2D eigenvalue weighted by Gasteiger charge is 2.16. The van der Waals surface area contributed by atoms with Gasteiger partial charge in [0.2, 0.25) is 11.9 Å². The molecule has 0 atom stereocenters. The molecule has 148 valence electrons. The lowest BCUT2D eigenvalue weighted by molar-refractivity contribution is -0.117. The van der Waals surface area contributed by atoms with Gasteiger partial charge in [-0.25, -0.2) is 23.8 Å². The van der Waals surface area contributed by atoms with Gasteiger partial charge in [-0.2, -0.15) is 0 Å². The quantitative estimate of drug-likeness (QED) is 0.525. The number of aryl methyl sites for hydroxylation is 3. The molecule has 1 amide bonds. The van der Waals surface area contributed by atoms with E-state index >= 15 is 0 Å². The number of anilines is 3. The number of carbonyl (C=O) groups is 1. The van der Waals surface area contributed by atoms with Crippen LogP contribution in [0.15, 0.2) is 40.6 Å². The third-order valence-electron chi connectivity index (χ3n) is 4.43. The van der Waals surface area contributed by atoms with E-state index in [1.54, 1.807) is 17.6 Å². The summed E-state index contributed by atoms with van der Waals surface area (Å²) in [5.41, 5.74) is 3.78. The zero-order chi connectivity index (χ0) is 20.5. The van der Waals surface area contributed by atoms with E-state index in [1.165, 1.54) is 21.3 Å². The molecule has 3 heterocycles. The first-order valence-corrected chi connectivity index (χ1v) is 9.79. The Hall–Kier alpha value is -3.53. The molecule has 0 aliphatic heterocycles. The first kappa shape index (κ1) is 18.8. The Balaban J connectivity index is 1.67. The van der Waals surface area contributed by atoms with Crippen molar-refractivity contribution in [2.75, 3.05) is 10.6 Å². The molecule has 0 saturated carbocycles. The number of fused-ring (bicyclic) bond motifs is 1. The molecule has 9 nitrogen and oxygen atoms in total. The van der Waals surface area contributed by atoms with Gasteiger partial charge in [0.05, 0.1) is 0 Å². The Labute approximate surface area is 170 Å². The number of amides is 1. The van der Waals surface area contributed by atoms with Gasteiger partial charge in [0.15, 0.2) is 10.8 Å². The Morgan fingerprint density at radius 3 is 2.72 bits per heavy atom. The third kappa shape index (κ3) is 3.87. The maximum absolute atomic E-state index is 12.9. The van der Waals surface area contributed by atoms with Crippen LogP contribution in [0.2, 0.25) is 0 Å². The van der Waals surface area contributed by atoms with E-state index in [-0.39, 0.29) is 12.5 Å². The van der Waals surface area contributed by atoms with Crippen molar-refractivity contribution in [3.05, 3.63) is 63.1 Å². The molecular weight excluding hydrogens is 390 g/mol. The normalized spacial score (nSPS) is 11.0. The predicted octanol–water partition coefficient (Wildman–Crippen LogP) is 2.66. The van der Waals surface area contributed by atoms with Crippen molar-refractivity contribution in [2.24, 2.45) is 0 Å². The van der Waals surface area contributed by atoms with Gasteiger partial charge in [0.25, 0.3) is 0 Å². The van der Waals surface area contributed by atoms with Crippen molar-refractivity contribution in [3.8, 4) is 0 Å². The van der Waals surface area contributed by atoms with Crippen LogP contribution in [0.1, 0.15) is 16.8 Å². The standard InChI is InChI=1S/C19H19N7O2S/c1-11-4-5-14(8-12(11)2)22-17-21-13(3)9-15-24-25(19(28)26(15)17)10-16(27)23-18-20-6-7-29-18/h4-9H,10H2,1-3H3,(H,21,22)(H,20,23,27). The lowest BCUT2D eigenvalue weighted by Gasteiger charge is -2.09. The lowest BCUT2D eigenvalue weighted by atomic mass is 10.1. The molecule has 0 fully saturated rings. The number of hydrogen-bond donors (Lipinski definition) is 2. The smallest absolute Gasteiger partial charge is 0.325 e. The fraction of sp³-hybridized carbons (Fsp3) is 0.211. The second-order valence-electron chi connectivity index (χ2n) is 6.66. The second kappa shape index (κ2) is 7.47. The minimum absolute atomic E-state index is 0.220. The van der Waals surface area contributed by atoms with Gasteiger partial charge < -0.3 is 10.6 Å². The van der Waals surface area contributed by atoms with Crippen LogP contribution in [0, 0.1) is 20.8 Å². The average Bonchev–Trinajstić information content (AvgIpc) is 3.26. The largest absolute Gasteiger partial charge is 0.353 e. The van der Waals surface area contributed by atoms with Gasteiger partial charge in [0.1, 0.15) is 6.54 Å². The highest BCUT2D eigenvalue weighted by molar-refractivity contribution is 7.13. The topological polar surface area (TPSA) is 106 Å². The number of nitrogens with one attached hydrogen (secondary N) is 2. The summed E-state index contributed by atoms with van der Waals surface area (Å²) in [7, 11) is 0. The molecule has 0 spiro atoms. The Morgan fingerprint density at radius 1 is 1.17 bits per heavy atom. The SMILES string of the molecule is Cc1cc2nn(CC(=O)Nc3nccs3)c(=O)n2c(Nc2ccc(C)c(C)c2)n1. The Morgan fingerprint density at radius 2 is 2.00 bits per heavy atom. The molecule has 4 rings (SSSR count). The van der Waals surface area contributed by atoms with Gasteiger partial charge in [-0.05, 0) is 44.0 Å². The zero-order valence-corrected chi connectivity index (χ0v) is 16.9. The molecule has 4 aromatic rings. The summed E-state index contributed by atoms with van der Waals surface area (Å²) in [6, 6.07) is 7.61. The fourth-order valence-electron chi connectivity index (χ4n) is 2.87. The van der Waals surface area contributed by atoms with E-state index in [1.807, 2.05) is 39.0 Å². The molecule has 0 unspecified atom stereocenters. The van der Waals surface area contributed by atoms with Crippen molar-refractivity contribution in [2.45, 2.75) is 27.3 Å². The monoisotopic (exact) mass is 409 g/mol. The Bertz CT molecular complexity index is 1260. The first-order valence-electron chi connectivity index (χ1n) is 8.91. The Kier molecular flexibility index (Phi) is 4.85. The summed E-state index contributed by atoms with van der Waals surface area (Å²) >= 11 is 1.30. The number of aromatic nitrogens is 5. The molecule has 10 heteroatoms. The number of carbonyl (C=O) groups excluding carboxylic acids is 1. The molecule has 0 aliphatic rings. The number of hydrogen-bond acceptors (Lipinski definition) is 7. The van der Waals surface area contributed by atoms with E-state index in [0.717, 1.165) is 15.9 Å². The second-order valence-corrected chi connectivity index (χ2v) is 7.56. The highest BCUT2D eigenvalue weighted by Crippen LogP contribution is 2.19. The number of thiazole rings is 1. The first-order chi connectivity index (χ1) is 13.9. The van der Waals surface area contributed by atoms with Crippen LogP contribution in [0.3, 0.4) is 0 Å². The van der Waals surface area contributed by atoms with Gasteiger partial charge in [-0.15, -0.1) is 16.4 Å².